The Kier molecular flexibility index (Phi) is 8.79. The molecule has 1 aromatic carbocycles. The number of thiazole rings is 1. The number of piperidine rings is 2. The number of carbonyl (C=O) groups is 1. The summed E-state index contributed by atoms with van der Waals surface area (Å²) < 4.78 is 27.6. The Hall–Kier alpha value is -3.02. The number of pyridine rings is 1. The lowest BCUT2D eigenvalue weighted by Gasteiger charge is -2.33. The fraction of sp³-hybridized carbons (Fsp3) is 0.464. The van der Waals surface area contributed by atoms with E-state index in [9.17, 15) is 18.3 Å². The number of rotatable bonds is 9. The van der Waals surface area contributed by atoms with Gasteiger partial charge in [0.15, 0.2) is 0 Å². The summed E-state index contributed by atoms with van der Waals surface area (Å²) in [6.45, 7) is 3.76. The van der Waals surface area contributed by atoms with Crippen LogP contribution in [0.3, 0.4) is 0 Å². The molecule has 0 radical (unpaired) electrons. The average molecular weight is 570 g/mol. The maximum atomic E-state index is 13.0. The molecule has 0 spiro atoms. The van der Waals surface area contributed by atoms with Crippen molar-refractivity contribution in [1.82, 2.24) is 19.2 Å². The molecule has 0 saturated carbocycles. The van der Waals surface area contributed by atoms with Gasteiger partial charge in [0.1, 0.15) is 5.82 Å². The first kappa shape index (κ1) is 27.5. The molecule has 0 bridgehead atoms. The van der Waals surface area contributed by atoms with Gasteiger partial charge >= 0.3 is 6.09 Å². The summed E-state index contributed by atoms with van der Waals surface area (Å²) in [6.07, 6.45) is 4.82. The zero-order valence-corrected chi connectivity index (χ0v) is 23.6. The summed E-state index contributed by atoms with van der Waals surface area (Å²) >= 11 is 1.48. The number of sulfonamides is 1. The lowest BCUT2D eigenvalue weighted by Crippen LogP contribution is -2.36. The van der Waals surface area contributed by atoms with Crippen molar-refractivity contribution in [2.24, 2.45) is 5.92 Å². The number of nitrogens with zero attached hydrogens (tertiary/aromatic N) is 5. The van der Waals surface area contributed by atoms with Gasteiger partial charge in [-0.05, 0) is 62.3 Å². The van der Waals surface area contributed by atoms with E-state index in [2.05, 4.69) is 9.88 Å². The molecule has 2 aromatic heterocycles. The van der Waals surface area contributed by atoms with E-state index in [0.717, 1.165) is 74.4 Å². The molecular weight excluding hydrogens is 534 g/mol. The minimum absolute atomic E-state index is 0.333. The van der Waals surface area contributed by atoms with Gasteiger partial charge in [0.05, 0.1) is 28.3 Å². The highest BCUT2D eigenvalue weighted by atomic mass is 32.2. The first-order valence-corrected chi connectivity index (χ1v) is 16.0. The first-order chi connectivity index (χ1) is 18.9. The molecule has 5 rings (SSSR count). The molecule has 1 amide bonds. The van der Waals surface area contributed by atoms with Gasteiger partial charge in [0.25, 0.3) is 0 Å². The molecule has 0 atom stereocenters. The number of hydrogen-bond donors (Lipinski definition) is 1. The van der Waals surface area contributed by atoms with E-state index >= 15 is 0 Å². The Morgan fingerprint density at radius 3 is 2.44 bits per heavy atom. The van der Waals surface area contributed by atoms with E-state index < -0.39 is 16.1 Å². The maximum Gasteiger partial charge on any atom is 0.407 e. The molecule has 1 N–H and O–H groups in total. The number of carboxylic acid groups (broad SMARTS) is 1. The third-order valence-corrected chi connectivity index (χ3v) is 10.2. The van der Waals surface area contributed by atoms with Crippen LogP contribution in [-0.4, -0.2) is 71.5 Å². The summed E-state index contributed by atoms with van der Waals surface area (Å²) in [6, 6.07) is 13.0. The average Bonchev–Trinajstić information content (AvgIpc) is 3.49. The second kappa shape index (κ2) is 12.4. The van der Waals surface area contributed by atoms with Gasteiger partial charge in [0.2, 0.25) is 10.0 Å². The fourth-order valence-electron chi connectivity index (χ4n) is 5.35. The topological polar surface area (TPSA) is 107 Å². The maximum absolute atomic E-state index is 13.0. The molecule has 4 heterocycles. The lowest BCUT2D eigenvalue weighted by molar-refractivity contribution is 0.137. The second-order valence-electron chi connectivity index (χ2n) is 10.3. The summed E-state index contributed by atoms with van der Waals surface area (Å²) in [5, 5.41) is 11.5. The lowest BCUT2D eigenvalue weighted by atomic mass is 9.93. The quantitative estimate of drug-likeness (QED) is 0.379. The van der Waals surface area contributed by atoms with Gasteiger partial charge in [-0.15, -0.1) is 11.3 Å². The van der Waals surface area contributed by atoms with Crippen LogP contribution in [0.15, 0.2) is 58.3 Å². The Balaban J connectivity index is 1.17. The van der Waals surface area contributed by atoms with Crippen molar-refractivity contribution in [1.29, 1.82) is 0 Å². The zero-order valence-electron chi connectivity index (χ0n) is 22.0. The van der Waals surface area contributed by atoms with Crippen LogP contribution < -0.4 is 4.90 Å². The van der Waals surface area contributed by atoms with Gasteiger partial charge in [0, 0.05) is 43.7 Å². The molecule has 2 fully saturated rings. The van der Waals surface area contributed by atoms with Crippen molar-refractivity contribution < 1.29 is 18.3 Å². The smallest absolute Gasteiger partial charge is 0.407 e. The van der Waals surface area contributed by atoms with Crippen molar-refractivity contribution in [3.05, 3.63) is 59.0 Å². The van der Waals surface area contributed by atoms with Gasteiger partial charge in [-0.25, -0.2) is 23.2 Å². The zero-order chi connectivity index (χ0) is 27.2. The van der Waals surface area contributed by atoms with E-state index in [4.69, 9.17) is 4.98 Å². The number of hydrogen-bond acceptors (Lipinski definition) is 7. The van der Waals surface area contributed by atoms with Crippen molar-refractivity contribution in [2.45, 2.75) is 50.0 Å². The SMILES string of the molecule is O=C(O)N(CCC1CCN(c2cccc(-c3ccc(S(=O)(=O)N4CCCCC4)cc3)n2)CC1)Cc1cscn1. The molecule has 9 nitrogen and oxygen atoms in total. The minimum Gasteiger partial charge on any atom is -0.465 e. The molecule has 2 saturated heterocycles. The van der Waals surface area contributed by atoms with Crippen LogP contribution in [0.5, 0.6) is 0 Å². The third-order valence-electron chi connectivity index (χ3n) is 7.69. The van der Waals surface area contributed by atoms with Crippen LogP contribution in [-0.2, 0) is 16.6 Å². The molecule has 3 aromatic rings. The second-order valence-corrected chi connectivity index (χ2v) is 12.9. The molecule has 0 unspecified atom stereocenters. The van der Waals surface area contributed by atoms with E-state index in [1.54, 1.807) is 21.9 Å². The molecule has 208 valence electrons. The standard InChI is InChI=1S/C28H35N5O4S2/c34-28(35)32(19-24-20-38-21-29-24)18-13-22-11-16-31(17-12-22)27-6-4-5-26(30-27)23-7-9-25(10-8-23)39(36,37)33-14-2-1-3-15-33/h4-10,20-22H,1-3,11-19H2,(H,34,35). The highest BCUT2D eigenvalue weighted by Crippen LogP contribution is 2.28. The van der Waals surface area contributed by atoms with E-state index in [1.807, 2.05) is 35.7 Å². The van der Waals surface area contributed by atoms with Crippen molar-refractivity contribution in [3.63, 3.8) is 0 Å². The Morgan fingerprint density at radius 1 is 1.03 bits per heavy atom. The summed E-state index contributed by atoms with van der Waals surface area (Å²) in [4.78, 5) is 24.8. The molecule has 39 heavy (non-hydrogen) atoms. The molecular formula is C28H35N5O4S2. The van der Waals surface area contributed by atoms with Crippen molar-refractivity contribution >= 4 is 33.3 Å². The Bertz CT molecular complexity index is 1330. The van der Waals surface area contributed by atoms with Crippen molar-refractivity contribution in [2.75, 3.05) is 37.6 Å². The third kappa shape index (κ3) is 6.77. The number of amides is 1. The van der Waals surface area contributed by atoms with Crippen LogP contribution in [0.4, 0.5) is 10.6 Å². The summed E-state index contributed by atoms with van der Waals surface area (Å²) in [5.41, 5.74) is 4.22. The van der Waals surface area contributed by atoms with Crippen LogP contribution in [0.1, 0.15) is 44.2 Å². The highest BCUT2D eigenvalue weighted by molar-refractivity contribution is 7.89. The van der Waals surface area contributed by atoms with Crippen LogP contribution in [0, 0.1) is 5.92 Å². The van der Waals surface area contributed by atoms with E-state index in [-0.39, 0.29) is 0 Å². The first-order valence-electron chi connectivity index (χ1n) is 13.6. The number of anilines is 1. The monoisotopic (exact) mass is 569 g/mol. The van der Waals surface area contributed by atoms with Gasteiger partial charge in [-0.2, -0.15) is 4.31 Å². The Labute approximate surface area is 234 Å². The normalized spacial score (nSPS) is 17.3. The van der Waals surface area contributed by atoms with Crippen molar-refractivity contribution in [3.8, 4) is 11.3 Å². The van der Waals surface area contributed by atoms with E-state index in [0.29, 0.717) is 37.0 Å². The molecule has 0 aliphatic carbocycles. The minimum atomic E-state index is -3.45. The Morgan fingerprint density at radius 2 is 1.77 bits per heavy atom. The molecule has 11 heteroatoms. The molecule has 2 aliphatic heterocycles. The highest BCUT2D eigenvalue weighted by Gasteiger charge is 2.26. The fourth-order valence-corrected chi connectivity index (χ4v) is 7.42. The van der Waals surface area contributed by atoms with Crippen LogP contribution >= 0.6 is 11.3 Å². The van der Waals surface area contributed by atoms with Gasteiger partial charge in [-0.3, -0.25) is 0 Å². The summed E-state index contributed by atoms with van der Waals surface area (Å²) in [7, 11) is -3.45. The van der Waals surface area contributed by atoms with Gasteiger partial charge in [-0.1, -0.05) is 24.6 Å². The predicted octanol–water partition coefficient (Wildman–Crippen LogP) is 5.17. The largest absolute Gasteiger partial charge is 0.465 e. The van der Waals surface area contributed by atoms with Gasteiger partial charge < -0.3 is 14.9 Å². The number of aromatic nitrogens is 2. The van der Waals surface area contributed by atoms with Crippen LogP contribution in [0.25, 0.3) is 11.3 Å². The predicted molar refractivity (Wildman–Crippen MR) is 152 cm³/mol. The number of benzene rings is 1. The summed E-state index contributed by atoms with van der Waals surface area (Å²) in [5.74, 6) is 1.38. The van der Waals surface area contributed by atoms with E-state index in [1.165, 1.54) is 16.2 Å². The molecule has 2 aliphatic rings. The van der Waals surface area contributed by atoms with Crippen LogP contribution in [0.2, 0.25) is 0 Å².